The number of urea groups is 1. The third kappa shape index (κ3) is 10.9. The molecule has 0 bridgehead atoms. The Morgan fingerprint density at radius 3 is 1.91 bits per heavy atom. The maximum atomic E-state index is 14.1. The lowest BCUT2D eigenvalue weighted by Crippen LogP contribution is -2.62. The van der Waals surface area contributed by atoms with Crippen LogP contribution in [-0.2, 0) is 29.0 Å². The van der Waals surface area contributed by atoms with Gasteiger partial charge in [-0.25, -0.2) is 13.2 Å². The van der Waals surface area contributed by atoms with Crippen molar-refractivity contribution >= 4 is 39.4 Å². The number of primary amides is 1. The Morgan fingerprint density at radius 1 is 0.870 bits per heavy atom. The summed E-state index contributed by atoms with van der Waals surface area (Å²) in [5.41, 5.74) is 4.49. The van der Waals surface area contributed by atoms with Crippen molar-refractivity contribution in [1.29, 1.82) is 0 Å². The number of hydrogen-bond donors (Lipinski definition) is 4. The molecule has 0 aromatic rings. The number of amides is 5. The van der Waals surface area contributed by atoms with Crippen molar-refractivity contribution in [3.8, 4) is 0 Å². The quantitative estimate of drug-likeness (QED) is 0.193. The fourth-order valence-electron chi connectivity index (χ4n) is 6.11. The average molecular weight is 670 g/mol. The van der Waals surface area contributed by atoms with Crippen LogP contribution in [0.25, 0.3) is 0 Å². The van der Waals surface area contributed by atoms with Gasteiger partial charge in [0.1, 0.15) is 12.1 Å². The Bertz CT molecular complexity index is 1200. The molecule has 46 heavy (non-hydrogen) atoms. The van der Waals surface area contributed by atoms with Gasteiger partial charge in [0.25, 0.3) is 5.91 Å². The maximum Gasteiger partial charge on any atom is 0.315 e. The van der Waals surface area contributed by atoms with Gasteiger partial charge in [-0.05, 0) is 70.6 Å². The number of hydrogen-bond acceptors (Lipinski definition) is 7. The van der Waals surface area contributed by atoms with Gasteiger partial charge in [0, 0.05) is 12.6 Å². The van der Waals surface area contributed by atoms with Crippen LogP contribution in [0.1, 0.15) is 120 Å². The minimum absolute atomic E-state index is 0.00304. The highest BCUT2D eigenvalue weighted by molar-refractivity contribution is 7.92. The lowest BCUT2D eigenvalue weighted by atomic mass is 9.80. The number of rotatable bonds is 15. The first-order valence-corrected chi connectivity index (χ1v) is 18.6. The van der Waals surface area contributed by atoms with Crippen LogP contribution in [0.4, 0.5) is 4.79 Å². The van der Waals surface area contributed by atoms with Crippen LogP contribution in [0.2, 0.25) is 0 Å². The van der Waals surface area contributed by atoms with Crippen LogP contribution in [0.3, 0.4) is 0 Å². The summed E-state index contributed by atoms with van der Waals surface area (Å²) in [5, 5.41) is 8.39. The third-order valence-corrected chi connectivity index (χ3v) is 12.2. The normalized spacial score (nSPS) is 19.1. The summed E-state index contributed by atoms with van der Waals surface area (Å²) in [6.07, 6.45) is 8.26. The van der Waals surface area contributed by atoms with Crippen LogP contribution in [-0.4, -0.2) is 84.1 Å². The van der Waals surface area contributed by atoms with E-state index in [9.17, 15) is 32.4 Å². The SMILES string of the molecule is CCCN(C(=O)[C@@H](NC(=O)N[C@H](CS(=O)(=O)C(C)(C)C)C1CCCCC1)C(C)(C)C)[C@@H](C)C(=O)NC(CC1CCC1)C(=O)C(N)=O. The number of carbonyl (C=O) groups excluding carboxylic acids is 5. The first-order chi connectivity index (χ1) is 21.2. The zero-order valence-electron chi connectivity index (χ0n) is 29.2. The van der Waals surface area contributed by atoms with E-state index in [1.165, 1.54) is 4.90 Å². The molecule has 2 rings (SSSR count). The van der Waals surface area contributed by atoms with E-state index in [0.29, 0.717) is 12.8 Å². The van der Waals surface area contributed by atoms with Gasteiger partial charge >= 0.3 is 6.03 Å². The molecule has 0 radical (unpaired) electrons. The van der Waals surface area contributed by atoms with Crippen LogP contribution in [0.15, 0.2) is 0 Å². The van der Waals surface area contributed by atoms with Gasteiger partial charge in [-0.1, -0.05) is 66.2 Å². The Morgan fingerprint density at radius 2 is 1.46 bits per heavy atom. The minimum atomic E-state index is -3.55. The van der Waals surface area contributed by atoms with Gasteiger partial charge in [-0.15, -0.1) is 0 Å². The van der Waals surface area contributed by atoms with Crippen molar-refractivity contribution in [2.75, 3.05) is 12.3 Å². The molecule has 0 heterocycles. The Balaban J connectivity index is 2.27. The van der Waals surface area contributed by atoms with Gasteiger partial charge in [-0.3, -0.25) is 19.2 Å². The summed E-state index contributed by atoms with van der Waals surface area (Å²) in [4.78, 5) is 66.8. The number of nitrogens with zero attached hydrogens (tertiary/aromatic N) is 1. The Kier molecular flexibility index (Phi) is 14.1. The molecule has 0 aromatic heterocycles. The van der Waals surface area contributed by atoms with Crippen LogP contribution >= 0.6 is 0 Å². The highest BCUT2D eigenvalue weighted by Crippen LogP contribution is 2.31. The second-order valence-corrected chi connectivity index (χ2v) is 18.1. The molecular weight excluding hydrogens is 610 g/mol. The van der Waals surface area contributed by atoms with Crippen molar-refractivity contribution < 1.29 is 32.4 Å². The molecule has 2 aliphatic carbocycles. The third-order valence-electron chi connectivity index (χ3n) is 9.52. The smallest absolute Gasteiger partial charge is 0.315 e. The molecule has 2 saturated carbocycles. The van der Waals surface area contributed by atoms with Gasteiger partial charge < -0.3 is 26.6 Å². The lowest BCUT2D eigenvalue weighted by Gasteiger charge is -2.38. The molecule has 264 valence electrons. The second kappa shape index (κ2) is 16.4. The van der Waals surface area contributed by atoms with E-state index in [4.69, 9.17) is 5.73 Å². The van der Waals surface area contributed by atoms with Gasteiger partial charge in [-0.2, -0.15) is 0 Å². The number of carbonyl (C=O) groups is 5. The standard InChI is InChI=1S/C33H59N5O7S/c1-9-18-38(21(2)29(41)35-24(26(39)28(34)40)19-22-14-13-15-22)30(42)27(32(3,4)5)37-31(43)36-25(23-16-11-10-12-17-23)20-46(44,45)33(6,7)8/h21-25,27H,9-20H2,1-8H3,(H2,34,40)(H,35,41)(H2,36,37,43)/t21-,24?,25+,27+/m0/s1. The van der Waals surface area contributed by atoms with Crippen LogP contribution in [0.5, 0.6) is 0 Å². The summed E-state index contributed by atoms with van der Waals surface area (Å²) in [7, 11) is -3.55. The molecule has 5 amide bonds. The van der Waals surface area contributed by atoms with E-state index in [2.05, 4.69) is 16.0 Å². The van der Waals surface area contributed by atoms with E-state index in [1.807, 2.05) is 6.92 Å². The summed E-state index contributed by atoms with van der Waals surface area (Å²) in [6.45, 7) is 13.9. The molecule has 0 saturated heterocycles. The van der Waals surface area contributed by atoms with Crippen LogP contribution in [0, 0.1) is 17.3 Å². The Labute approximate surface area is 276 Å². The molecule has 4 atom stereocenters. The molecule has 0 spiro atoms. The van der Waals surface area contributed by atoms with Gasteiger partial charge in [0.05, 0.1) is 16.5 Å². The minimum Gasteiger partial charge on any atom is -0.363 e. The number of sulfone groups is 1. The lowest BCUT2D eigenvalue weighted by molar-refractivity contribution is -0.144. The molecule has 2 aliphatic rings. The van der Waals surface area contributed by atoms with Gasteiger partial charge in [0.15, 0.2) is 9.84 Å². The maximum absolute atomic E-state index is 14.1. The van der Waals surface area contributed by atoms with E-state index in [1.54, 1.807) is 48.5 Å². The predicted octanol–water partition coefficient (Wildman–Crippen LogP) is 3.22. The Hall–Kier alpha value is -2.70. The first kappa shape index (κ1) is 39.5. The predicted molar refractivity (Wildman–Crippen MR) is 178 cm³/mol. The highest BCUT2D eigenvalue weighted by atomic mass is 32.2. The van der Waals surface area contributed by atoms with Crippen LogP contribution < -0.4 is 21.7 Å². The molecule has 13 heteroatoms. The second-order valence-electron chi connectivity index (χ2n) is 15.3. The monoisotopic (exact) mass is 669 g/mol. The fraction of sp³-hybridized carbons (Fsp3) is 0.848. The number of nitrogens with one attached hydrogen (secondary N) is 3. The van der Waals surface area contributed by atoms with E-state index >= 15 is 0 Å². The molecular formula is C33H59N5O7S. The van der Waals surface area contributed by atoms with Crippen molar-refractivity contribution in [2.45, 2.75) is 149 Å². The molecule has 12 nitrogen and oxygen atoms in total. The summed E-state index contributed by atoms with van der Waals surface area (Å²) >= 11 is 0. The van der Waals surface area contributed by atoms with Crippen molar-refractivity contribution in [1.82, 2.24) is 20.9 Å². The van der Waals surface area contributed by atoms with E-state index < -0.39 is 73.7 Å². The molecule has 1 unspecified atom stereocenters. The van der Waals surface area contributed by atoms with Crippen molar-refractivity contribution in [3.05, 3.63) is 0 Å². The zero-order chi connectivity index (χ0) is 35.0. The zero-order valence-corrected chi connectivity index (χ0v) is 30.1. The van der Waals surface area contributed by atoms with E-state index in [-0.39, 0.29) is 24.1 Å². The molecule has 5 N–H and O–H groups in total. The summed E-state index contributed by atoms with van der Waals surface area (Å²) in [5.74, 6) is -3.06. The number of ketones is 1. The average Bonchev–Trinajstić information content (AvgIpc) is 2.93. The molecule has 2 fully saturated rings. The summed E-state index contributed by atoms with van der Waals surface area (Å²) < 4.78 is 25.4. The van der Waals surface area contributed by atoms with E-state index in [0.717, 1.165) is 51.4 Å². The summed E-state index contributed by atoms with van der Waals surface area (Å²) in [6, 6.07) is -4.40. The number of nitrogens with two attached hydrogens (primary N) is 1. The topological polar surface area (TPSA) is 185 Å². The van der Waals surface area contributed by atoms with Crippen molar-refractivity contribution in [2.24, 2.45) is 23.0 Å². The first-order valence-electron chi connectivity index (χ1n) is 16.9. The van der Waals surface area contributed by atoms with Gasteiger partial charge in [0.2, 0.25) is 17.6 Å². The highest BCUT2D eigenvalue weighted by Gasteiger charge is 2.41. The number of Topliss-reactive ketones (excluding diaryl/α,β-unsaturated/α-hetero) is 1. The van der Waals surface area contributed by atoms with Crippen molar-refractivity contribution in [3.63, 3.8) is 0 Å². The fourth-order valence-corrected chi connectivity index (χ4v) is 7.44. The largest absolute Gasteiger partial charge is 0.363 e. The molecule has 0 aliphatic heterocycles. The molecule has 0 aromatic carbocycles.